The molecule has 0 aromatic heterocycles. The first-order valence-corrected chi connectivity index (χ1v) is 15.4. The summed E-state index contributed by atoms with van der Waals surface area (Å²) in [5, 5.41) is 19.7. The van der Waals surface area contributed by atoms with Gasteiger partial charge in [0.15, 0.2) is 0 Å². The Kier molecular flexibility index (Phi) is 7.61. The van der Waals surface area contributed by atoms with E-state index in [0.717, 1.165) is 11.1 Å². The number of benzene rings is 6. The highest BCUT2D eigenvalue weighted by Gasteiger charge is 2.45. The van der Waals surface area contributed by atoms with Gasteiger partial charge >= 0.3 is 0 Å². The molecule has 0 atom stereocenters. The van der Waals surface area contributed by atoms with Gasteiger partial charge in [-0.3, -0.25) is 0 Å². The Labute approximate surface area is 260 Å². The molecule has 0 amide bonds. The molecule has 6 aromatic rings. The monoisotopic (exact) mass is 574 g/mol. The maximum absolute atomic E-state index is 9.85. The third kappa shape index (κ3) is 4.50. The van der Waals surface area contributed by atoms with Gasteiger partial charge in [-0.15, -0.1) is 0 Å². The van der Waals surface area contributed by atoms with Crippen LogP contribution < -0.4 is 0 Å². The summed E-state index contributed by atoms with van der Waals surface area (Å²) in [5.41, 5.74) is 12.4. The molecule has 2 N–H and O–H groups in total. The van der Waals surface area contributed by atoms with Crippen molar-refractivity contribution in [3.8, 4) is 33.8 Å². The minimum absolute atomic E-state index is 0.160. The molecule has 0 saturated heterocycles. The van der Waals surface area contributed by atoms with E-state index in [9.17, 15) is 10.2 Å². The van der Waals surface area contributed by atoms with Gasteiger partial charge in [-0.2, -0.15) is 0 Å². The summed E-state index contributed by atoms with van der Waals surface area (Å²) < 4.78 is 0. The zero-order valence-corrected chi connectivity index (χ0v) is 25.8. The van der Waals surface area contributed by atoms with E-state index >= 15 is 0 Å². The smallest absolute Gasteiger partial charge is 0.115 e. The van der Waals surface area contributed by atoms with Crippen LogP contribution in [0.2, 0.25) is 0 Å². The molecule has 0 spiro atoms. The minimum Gasteiger partial charge on any atom is -0.508 e. The number of hydrogen-bond donors (Lipinski definition) is 2. The molecule has 2 aliphatic carbocycles. The maximum atomic E-state index is 9.85. The SMILES string of the molecule is CC.CC1(C)c2ccccc2-c2ccccc21.Oc1ccc(C2(c3ccc(O)cc3)c3ccccc3-c3ccccc32)cc1. The van der Waals surface area contributed by atoms with E-state index in [1.165, 1.54) is 44.5 Å². The highest BCUT2D eigenvalue weighted by molar-refractivity contribution is 5.86. The Hall–Kier alpha value is -5.08. The number of hydrogen-bond acceptors (Lipinski definition) is 2. The molecule has 2 aliphatic rings. The average Bonchev–Trinajstić information content (AvgIpc) is 3.50. The standard InChI is InChI=1S/C25H18O2.C15H14.C2H6/c26-19-13-9-17(10-14-19)25(18-11-15-20(27)16-12-18)23-7-3-1-5-21(23)22-6-2-4-8-24(22)25;1-15(2)13-9-5-3-7-11(13)12-8-4-6-10-14(12)15;1-2/h1-16,26-27H;3-10H,1-2H3;1-2H3. The Morgan fingerprint density at radius 3 is 0.977 bits per heavy atom. The molecule has 2 nitrogen and oxygen atoms in total. The van der Waals surface area contributed by atoms with Crippen LogP contribution in [0.4, 0.5) is 0 Å². The number of fused-ring (bicyclic) bond motifs is 6. The lowest BCUT2D eigenvalue weighted by Gasteiger charge is -2.33. The fourth-order valence-corrected chi connectivity index (χ4v) is 7.12. The van der Waals surface area contributed by atoms with Crippen molar-refractivity contribution in [3.05, 3.63) is 179 Å². The summed E-state index contributed by atoms with van der Waals surface area (Å²) in [4.78, 5) is 0. The number of rotatable bonds is 2. The Bertz CT molecular complexity index is 1770. The van der Waals surface area contributed by atoms with E-state index in [0.29, 0.717) is 0 Å². The minimum atomic E-state index is -0.491. The molecular weight excluding hydrogens is 536 g/mol. The summed E-state index contributed by atoms with van der Waals surface area (Å²) in [6.45, 7) is 8.61. The molecule has 0 heterocycles. The highest BCUT2D eigenvalue weighted by Crippen LogP contribution is 2.56. The summed E-state index contributed by atoms with van der Waals surface area (Å²) in [5.74, 6) is 0.498. The van der Waals surface area contributed by atoms with E-state index in [1.54, 1.807) is 24.3 Å². The molecule has 218 valence electrons. The predicted octanol–water partition coefficient (Wildman–Crippen LogP) is 10.5. The van der Waals surface area contributed by atoms with Gasteiger partial charge in [0, 0.05) is 5.41 Å². The van der Waals surface area contributed by atoms with E-state index < -0.39 is 5.41 Å². The van der Waals surface area contributed by atoms with Gasteiger partial charge < -0.3 is 10.2 Å². The first-order chi connectivity index (χ1) is 21.4. The summed E-state index contributed by atoms with van der Waals surface area (Å²) in [6, 6.07) is 49.3. The molecular formula is C42H38O2. The largest absolute Gasteiger partial charge is 0.508 e. The molecule has 0 radical (unpaired) electrons. The van der Waals surface area contributed by atoms with Gasteiger partial charge in [-0.05, 0) is 79.9 Å². The van der Waals surface area contributed by atoms with Gasteiger partial charge in [-0.1, -0.05) is 149 Å². The lowest BCUT2D eigenvalue weighted by atomic mass is 9.68. The van der Waals surface area contributed by atoms with Gasteiger partial charge in [-0.25, -0.2) is 0 Å². The lowest BCUT2D eigenvalue weighted by Crippen LogP contribution is -2.28. The van der Waals surface area contributed by atoms with Crippen LogP contribution >= 0.6 is 0 Å². The van der Waals surface area contributed by atoms with Gasteiger partial charge in [0.05, 0.1) is 5.41 Å². The Morgan fingerprint density at radius 2 is 0.636 bits per heavy atom. The second-order valence-corrected chi connectivity index (χ2v) is 11.7. The topological polar surface area (TPSA) is 40.5 Å². The molecule has 0 fully saturated rings. The van der Waals surface area contributed by atoms with Crippen LogP contribution in [0, 0.1) is 0 Å². The van der Waals surface area contributed by atoms with Crippen LogP contribution in [0.1, 0.15) is 61.1 Å². The normalized spacial score (nSPS) is 14.0. The fourth-order valence-electron chi connectivity index (χ4n) is 7.12. The number of phenols is 2. The predicted molar refractivity (Wildman–Crippen MR) is 182 cm³/mol. The Balaban J connectivity index is 0.000000170. The van der Waals surface area contributed by atoms with Crippen LogP contribution in [-0.4, -0.2) is 10.2 Å². The summed E-state index contributed by atoms with van der Waals surface area (Å²) in [6.07, 6.45) is 0. The van der Waals surface area contributed by atoms with Crippen molar-refractivity contribution >= 4 is 0 Å². The van der Waals surface area contributed by atoms with Crippen LogP contribution in [0.5, 0.6) is 11.5 Å². The van der Waals surface area contributed by atoms with E-state index in [-0.39, 0.29) is 16.9 Å². The van der Waals surface area contributed by atoms with Crippen molar-refractivity contribution in [2.75, 3.05) is 0 Å². The van der Waals surface area contributed by atoms with Crippen LogP contribution in [0.25, 0.3) is 22.3 Å². The third-order valence-electron chi connectivity index (χ3n) is 9.04. The molecule has 8 rings (SSSR count). The van der Waals surface area contributed by atoms with Gasteiger partial charge in [0.25, 0.3) is 0 Å². The molecule has 0 bridgehead atoms. The number of aromatic hydroxyl groups is 2. The molecule has 0 aliphatic heterocycles. The Morgan fingerprint density at radius 1 is 0.364 bits per heavy atom. The van der Waals surface area contributed by atoms with Gasteiger partial charge in [0.2, 0.25) is 0 Å². The third-order valence-corrected chi connectivity index (χ3v) is 9.04. The molecule has 0 saturated carbocycles. The second kappa shape index (κ2) is 11.5. The van der Waals surface area contributed by atoms with Crippen LogP contribution in [0.3, 0.4) is 0 Å². The first kappa shape index (κ1) is 29.0. The van der Waals surface area contributed by atoms with Crippen molar-refractivity contribution in [1.29, 1.82) is 0 Å². The van der Waals surface area contributed by atoms with Crippen molar-refractivity contribution in [3.63, 3.8) is 0 Å². The van der Waals surface area contributed by atoms with E-state index in [4.69, 9.17) is 0 Å². The van der Waals surface area contributed by atoms with Crippen molar-refractivity contribution in [2.45, 2.75) is 38.5 Å². The quantitative estimate of drug-likeness (QED) is 0.216. The van der Waals surface area contributed by atoms with Crippen molar-refractivity contribution in [2.24, 2.45) is 0 Å². The summed E-state index contributed by atoms with van der Waals surface area (Å²) >= 11 is 0. The fraction of sp³-hybridized carbons (Fsp3) is 0.143. The summed E-state index contributed by atoms with van der Waals surface area (Å²) in [7, 11) is 0. The average molecular weight is 575 g/mol. The first-order valence-electron chi connectivity index (χ1n) is 15.4. The molecule has 0 unspecified atom stereocenters. The lowest BCUT2D eigenvalue weighted by molar-refractivity contribution is 0.475. The molecule has 6 aromatic carbocycles. The zero-order valence-electron chi connectivity index (χ0n) is 25.8. The van der Waals surface area contributed by atoms with Crippen molar-refractivity contribution in [1.82, 2.24) is 0 Å². The molecule has 2 heteroatoms. The zero-order chi connectivity index (χ0) is 30.9. The van der Waals surface area contributed by atoms with Crippen LogP contribution in [0.15, 0.2) is 146 Å². The highest BCUT2D eigenvalue weighted by atomic mass is 16.3. The van der Waals surface area contributed by atoms with Crippen LogP contribution in [-0.2, 0) is 10.8 Å². The van der Waals surface area contributed by atoms with E-state index in [2.05, 4.69) is 111 Å². The van der Waals surface area contributed by atoms with Gasteiger partial charge in [0.1, 0.15) is 11.5 Å². The van der Waals surface area contributed by atoms with E-state index in [1.807, 2.05) is 38.1 Å². The number of phenolic OH excluding ortho intramolecular Hbond substituents is 2. The maximum Gasteiger partial charge on any atom is 0.115 e. The van der Waals surface area contributed by atoms with Crippen molar-refractivity contribution < 1.29 is 10.2 Å². The molecule has 44 heavy (non-hydrogen) atoms. The second-order valence-electron chi connectivity index (χ2n) is 11.7.